The number of esters is 1. The lowest BCUT2D eigenvalue weighted by Crippen LogP contribution is -2.02. The van der Waals surface area contributed by atoms with Crippen molar-refractivity contribution in [1.29, 1.82) is 0 Å². The van der Waals surface area contributed by atoms with E-state index in [-0.39, 0.29) is 11.3 Å². The Kier molecular flexibility index (Phi) is 6.31. The molecule has 0 spiro atoms. The number of hydrogen-bond acceptors (Lipinski definition) is 7. The molecule has 0 saturated heterocycles. The van der Waals surface area contributed by atoms with Gasteiger partial charge in [0.1, 0.15) is 24.2 Å². The van der Waals surface area contributed by atoms with Gasteiger partial charge in [0.15, 0.2) is 22.8 Å². The molecule has 0 radical (unpaired) electrons. The smallest absolute Gasteiger partial charge is 0.342 e. The van der Waals surface area contributed by atoms with Crippen LogP contribution in [0.2, 0.25) is 0 Å². The van der Waals surface area contributed by atoms with E-state index in [2.05, 4.69) is 0 Å². The summed E-state index contributed by atoms with van der Waals surface area (Å²) in [7, 11) is 4.28. The first-order valence-corrected chi connectivity index (χ1v) is 10.1. The summed E-state index contributed by atoms with van der Waals surface area (Å²) in [6.45, 7) is 0.375. The third-order valence-corrected chi connectivity index (χ3v) is 5.19. The van der Waals surface area contributed by atoms with Crippen molar-refractivity contribution < 1.29 is 33.0 Å². The molecule has 0 fully saturated rings. The molecule has 7 heteroatoms. The van der Waals surface area contributed by atoms with E-state index in [9.17, 15) is 9.59 Å². The second kappa shape index (κ2) is 9.48. The summed E-state index contributed by atoms with van der Waals surface area (Å²) in [6.07, 6.45) is 0.678. The summed E-state index contributed by atoms with van der Waals surface area (Å²) < 4.78 is 27.9. The Morgan fingerprint density at radius 3 is 2.33 bits per heavy atom. The summed E-state index contributed by atoms with van der Waals surface area (Å²) in [5.41, 5.74) is 2.47. The number of carbonyl (C=O) groups excluding carboxylic acids is 2. The molecule has 0 aliphatic rings. The topological polar surface area (TPSA) is 84.2 Å². The molecule has 168 valence electrons. The van der Waals surface area contributed by atoms with E-state index < -0.39 is 5.97 Å². The lowest BCUT2D eigenvalue weighted by Gasteiger charge is -2.12. The SMILES string of the molecule is COC(=O)c1c(-c2ccc(OCc3ccccc3)c(OC)c2)oc2c(OC)cc(C=O)cc12. The highest BCUT2D eigenvalue weighted by atomic mass is 16.5. The van der Waals surface area contributed by atoms with E-state index in [1.54, 1.807) is 30.3 Å². The zero-order valence-corrected chi connectivity index (χ0v) is 18.4. The molecule has 0 aliphatic carbocycles. The molecule has 4 aromatic rings. The van der Waals surface area contributed by atoms with Crippen LogP contribution in [-0.4, -0.2) is 33.6 Å². The first-order valence-electron chi connectivity index (χ1n) is 10.1. The molecular weight excluding hydrogens is 424 g/mol. The second-order valence-electron chi connectivity index (χ2n) is 7.16. The minimum atomic E-state index is -0.600. The molecule has 0 unspecified atom stereocenters. The number of benzene rings is 3. The molecule has 0 N–H and O–H groups in total. The van der Waals surface area contributed by atoms with Gasteiger partial charge < -0.3 is 23.4 Å². The van der Waals surface area contributed by atoms with Crippen molar-refractivity contribution in [2.75, 3.05) is 21.3 Å². The van der Waals surface area contributed by atoms with Gasteiger partial charge in [0.25, 0.3) is 0 Å². The van der Waals surface area contributed by atoms with Crippen molar-refractivity contribution in [1.82, 2.24) is 0 Å². The highest BCUT2D eigenvalue weighted by molar-refractivity contribution is 6.11. The summed E-state index contributed by atoms with van der Waals surface area (Å²) in [6, 6.07) is 18.1. The van der Waals surface area contributed by atoms with Crippen LogP contribution in [-0.2, 0) is 11.3 Å². The van der Waals surface area contributed by atoms with Crippen LogP contribution >= 0.6 is 0 Å². The number of ether oxygens (including phenoxy) is 4. The zero-order valence-electron chi connectivity index (χ0n) is 18.4. The van der Waals surface area contributed by atoms with Gasteiger partial charge in [-0.1, -0.05) is 30.3 Å². The zero-order chi connectivity index (χ0) is 23.4. The van der Waals surface area contributed by atoms with Gasteiger partial charge in [-0.3, -0.25) is 4.79 Å². The quantitative estimate of drug-likeness (QED) is 0.268. The number of methoxy groups -OCH3 is 3. The predicted molar refractivity (Wildman–Crippen MR) is 122 cm³/mol. The minimum Gasteiger partial charge on any atom is -0.493 e. The van der Waals surface area contributed by atoms with Crippen molar-refractivity contribution in [3.8, 4) is 28.6 Å². The molecule has 0 bridgehead atoms. The highest BCUT2D eigenvalue weighted by Crippen LogP contribution is 2.41. The summed E-state index contributed by atoms with van der Waals surface area (Å²) in [4.78, 5) is 24.1. The van der Waals surface area contributed by atoms with Crippen molar-refractivity contribution in [3.63, 3.8) is 0 Å². The summed E-state index contributed by atoms with van der Waals surface area (Å²) in [5.74, 6) is 1.02. The Morgan fingerprint density at radius 2 is 1.67 bits per heavy atom. The number of furan rings is 1. The normalized spacial score (nSPS) is 10.6. The summed E-state index contributed by atoms with van der Waals surface area (Å²) >= 11 is 0. The molecular formula is C26H22O7. The van der Waals surface area contributed by atoms with Gasteiger partial charge in [-0.05, 0) is 35.9 Å². The highest BCUT2D eigenvalue weighted by Gasteiger charge is 2.26. The fourth-order valence-corrected chi connectivity index (χ4v) is 3.58. The van der Waals surface area contributed by atoms with Crippen molar-refractivity contribution >= 4 is 23.2 Å². The van der Waals surface area contributed by atoms with Crippen molar-refractivity contribution in [3.05, 3.63) is 77.4 Å². The number of carbonyl (C=O) groups is 2. The molecule has 0 aliphatic heterocycles. The molecule has 33 heavy (non-hydrogen) atoms. The third-order valence-electron chi connectivity index (χ3n) is 5.19. The second-order valence-corrected chi connectivity index (χ2v) is 7.16. The molecule has 1 aromatic heterocycles. The maximum absolute atomic E-state index is 12.7. The van der Waals surface area contributed by atoms with Gasteiger partial charge in [-0.25, -0.2) is 4.79 Å². The Labute approximate surface area is 190 Å². The van der Waals surface area contributed by atoms with Crippen molar-refractivity contribution in [2.45, 2.75) is 6.61 Å². The first kappa shape index (κ1) is 22.0. The van der Waals surface area contributed by atoms with Crippen LogP contribution in [0.1, 0.15) is 26.3 Å². The maximum atomic E-state index is 12.7. The van der Waals surface area contributed by atoms with Gasteiger partial charge in [-0.15, -0.1) is 0 Å². The van der Waals surface area contributed by atoms with E-state index in [4.69, 9.17) is 23.4 Å². The first-order chi connectivity index (χ1) is 16.1. The average molecular weight is 446 g/mol. The molecule has 0 amide bonds. The van der Waals surface area contributed by atoms with Crippen LogP contribution in [0.5, 0.6) is 17.2 Å². The number of fused-ring (bicyclic) bond motifs is 1. The predicted octanol–water partition coefficient (Wildman–Crippen LogP) is 5.30. The van der Waals surface area contributed by atoms with Gasteiger partial charge >= 0.3 is 5.97 Å². The molecule has 0 atom stereocenters. The largest absolute Gasteiger partial charge is 0.493 e. The number of rotatable bonds is 8. The molecule has 4 rings (SSSR count). The van der Waals surface area contributed by atoms with Crippen LogP contribution in [0.25, 0.3) is 22.3 Å². The Hall–Kier alpha value is -4.26. The fourth-order valence-electron chi connectivity index (χ4n) is 3.58. The Morgan fingerprint density at radius 1 is 0.909 bits per heavy atom. The number of hydrogen-bond donors (Lipinski definition) is 0. The van der Waals surface area contributed by atoms with E-state index >= 15 is 0 Å². The van der Waals surface area contributed by atoms with Crippen LogP contribution in [0.15, 0.2) is 65.1 Å². The molecule has 0 saturated carbocycles. The minimum absolute atomic E-state index is 0.189. The van der Waals surface area contributed by atoms with Gasteiger partial charge in [0, 0.05) is 16.5 Å². The number of aldehydes is 1. The summed E-state index contributed by atoms with van der Waals surface area (Å²) in [5, 5.41) is 0.418. The lowest BCUT2D eigenvalue weighted by atomic mass is 10.0. The lowest BCUT2D eigenvalue weighted by molar-refractivity contribution is 0.0603. The standard InChI is InChI=1S/C26H22O7/c1-29-21-13-18(9-10-20(21)32-15-16-7-5-4-6-8-16)24-23(26(28)31-3)19-11-17(14-27)12-22(30-2)25(19)33-24/h4-14H,15H2,1-3H3. The maximum Gasteiger partial charge on any atom is 0.342 e. The van der Waals surface area contributed by atoms with Crippen LogP contribution < -0.4 is 14.2 Å². The van der Waals surface area contributed by atoms with Gasteiger partial charge in [0.2, 0.25) is 0 Å². The average Bonchev–Trinajstić information content (AvgIpc) is 3.26. The Bertz CT molecular complexity index is 1310. The monoisotopic (exact) mass is 446 g/mol. The van der Waals surface area contributed by atoms with Gasteiger partial charge in [-0.2, -0.15) is 0 Å². The van der Waals surface area contributed by atoms with Crippen LogP contribution in [0.3, 0.4) is 0 Å². The fraction of sp³-hybridized carbons (Fsp3) is 0.154. The molecule has 1 heterocycles. The van der Waals surface area contributed by atoms with E-state index in [0.29, 0.717) is 52.2 Å². The van der Waals surface area contributed by atoms with E-state index in [0.717, 1.165) is 5.56 Å². The molecule has 7 nitrogen and oxygen atoms in total. The van der Waals surface area contributed by atoms with E-state index in [1.165, 1.54) is 21.3 Å². The van der Waals surface area contributed by atoms with Crippen LogP contribution in [0, 0.1) is 0 Å². The van der Waals surface area contributed by atoms with E-state index in [1.807, 2.05) is 30.3 Å². The van der Waals surface area contributed by atoms with Crippen molar-refractivity contribution in [2.24, 2.45) is 0 Å². The molecule has 3 aromatic carbocycles. The Balaban J connectivity index is 1.80. The van der Waals surface area contributed by atoms with Gasteiger partial charge in [0.05, 0.1) is 21.3 Å². The third kappa shape index (κ3) is 4.25. The van der Waals surface area contributed by atoms with Crippen LogP contribution in [0.4, 0.5) is 0 Å².